The average molecular weight is 231 g/mol. The number of rotatable bonds is 3. The van der Waals surface area contributed by atoms with Crippen molar-refractivity contribution in [3.63, 3.8) is 0 Å². The van der Waals surface area contributed by atoms with Crippen LogP contribution in [-0.2, 0) is 4.79 Å². The van der Waals surface area contributed by atoms with E-state index in [9.17, 15) is 4.79 Å². The Kier molecular flexibility index (Phi) is 3.13. The highest BCUT2D eigenvalue weighted by Crippen LogP contribution is 2.20. The van der Waals surface area contributed by atoms with Crippen molar-refractivity contribution < 1.29 is 4.79 Å². The Bertz CT molecular complexity index is 543. The number of carbonyl (C=O) groups is 1. The van der Waals surface area contributed by atoms with Crippen molar-refractivity contribution in [3.8, 4) is 0 Å². The van der Waals surface area contributed by atoms with Gasteiger partial charge < -0.3 is 10.3 Å². The number of nitrogens with one attached hydrogen (secondary N) is 2. The molecule has 4 nitrogen and oxygen atoms in total. The van der Waals surface area contributed by atoms with Crippen molar-refractivity contribution in [3.05, 3.63) is 24.0 Å². The summed E-state index contributed by atoms with van der Waals surface area (Å²) in [6.07, 6.45) is 0.484. The van der Waals surface area contributed by atoms with E-state index >= 15 is 0 Å². The lowest BCUT2D eigenvalue weighted by atomic mass is 10.2. The second kappa shape index (κ2) is 4.57. The summed E-state index contributed by atoms with van der Waals surface area (Å²) in [6, 6.07) is 5.71. The van der Waals surface area contributed by atoms with Crippen molar-refractivity contribution in [2.24, 2.45) is 0 Å². The largest absolute Gasteiger partial charge is 0.342 e. The Morgan fingerprint density at radius 2 is 2.24 bits per heavy atom. The van der Waals surface area contributed by atoms with Crippen LogP contribution in [0.15, 0.2) is 18.2 Å². The van der Waals surface area contributed by atoms with Crippen LogP contribution in [0.25, 0.3) is 11.0 Å². The van der Waals surface area contributed by atoms with Gasteiger partial charge in [-0.15, -0.1) is 0 Å². The molecule has 2 rings (SSSR count). The maximum absolute atomic E-state index is 11.3. The molecule has 0 aliphatic carbocycles. The Balaban J connectivity index is 2.33. The molecule has 0 unspecified atom stereocenters. The van der Waals surface area contributed by atoms with Gasteiger partial charge >= 0.3 is 0 Å². The molecule has 1 aromatic heterocycles. The van der Waals surface area contributed by atoms with Gasteiger partial charge in [0, 0.05) is 18.0 Å². The lowest BCUT2D eigenvalue weighted by Crippen LogP contribution is -2.09. The van der Waals surface area contributed by atoms with E-state index < -0.39 is 0 Å². The van der Waals surface area contributed by atoms with E-state index in [0.717, 1.165) is 22.5 Å². The summed E-state index contributed by atoms with van der Waals surface area (Å²) < 4.78 is 0. The number of carbonyl (C=O) groups excluding carboxylic acids is 1. The second-order valence-corrected chi connectivity index (χ2v) is 4.41. The first-order valence-corrected chi connectivity index (χ1v) is 5.89. The Labute approximate surface area is 100 Å². The van der Waals surface area contributed by atoms with Crippen LogP contribution < -0.4 is 5.32 Å². The lowest BCUT2D eigenvalue weighted by Gasteiger charge is -2.02. The van der Waals surface area contributed by atoms with E-state index in [1.807, 2.05) is 25.1 Å². The summed E-state index contributed by atoms with van der Waals surface area (Å²) >= 11 is 0. The highest BCUT2D eigenvalue weighted by molar-refractivity contribution is 5.92. The fraction of sp³-hybridized carbons (Fsp3) is 0.385. The molecule has 0 bridgehead atoms. The molecule has 90 valence electrons. The Morgan fingerprint density at radius 1 is 1.47 bits per heavy atom. The van der Waals surface area contributed by atoms with Crippen molar-refractivity contribution in [2.45, 2.75) is 33.1 Å². The van der Waals surface area contributed by atoms with Gasteiger partial charge in [0.05, 0.1) is 11.0 Å². The number of anilines is 1. The molecular formula is C13H17N3O. The number of fused-ring (bicyclic) bond motifs is 1. The predicted octanol–water partition coefficient (Wildman–Crippen LogP) is 3.03. The van der Waals surface area contributed by atoms with Crippen molar-refractivity contribution in [1.82, 2.24) is 9.97 Å². The van der Waals surface area contributed by atoms with Gasteiger partial charge in [0.15, 0.2) is 0 Å². The SMILES string of the molecule is CCC(=O)Nc1ccc2nc(C(C)C)[nH]c2c1. The third kappa shape index (κ3) is 2.46. The minimum atomic E-state index is 0.0212. The molecule has 1 amide bonds. The van der Waals surface area contributed by atoms with E-state index in [1.54, 1.807) is 0 Å². The molecule has 0 saturated carbocycles. The van der Waals surface area contributed by atoms with Crippen LogP contribution in [0, 0.1) is 0 Å². The summed E-state index contributed by atoms with van der Waals surface area (Å²) in [4.78, 5) is 19.0. The van der Waals surface area contributed by atoms with Crippen LogP contribution in [0.4, 0.5) is 5.69 Å². The van der Waals surface area contributed by atoms with E-state index in [1.165, 1.54) is 0 Å². The molecule has 0 saturated heterocycles. The molecule has 0 fully saturated rings. The van der Waals surface area contributed by atoms with E-state index in [4.69, 9.17) is 0 Å². The fourth-order valence-corrected chi connectivity index (χ4v) is 1.63. The number of aromatic amines is 1. The normalized spacial score (nSPS) is 11.1. The third-order valence-electron chi connectivity index (χ3n) is 2.65. The molecule has 1 heterocycles. The number of imidazole rings is 1. The minimum absolute atomic E-state index is 0.0212. The van der Waals surface area contributed by atoms with Gasteiger partial charge in [0.25, 0.3) is 0 Å². The number of hydrogen-bond donors (Lipinski definition) is 2. The molecule has 0 spiro atoms. The zero-order valence-corrected chi connectivity index (χ0v) is 10.4. The Morgan fingerprint density at radius 3 is 2.88 bits per heavy atom. The zero-order chi connectivity index (χ0) is 12.4. The van der Waals surface area contributed by atoms with Gasteiger partial charge in [-0.2, -0.15) is 0 Å². The van der Waals surface area contributed by atoms with Crippen LogP contribution in [0.1, 0.15) is 38.9 Å². The van der Waals surface area contributed by atoms with Crippen molar-refractivity contribution in [1.29, 1.82) is 0 Å². The summed E-state index contributed by atoms with van der Waals surface area (Å²) in [5, 5.41) is 2.84. The smallest absolute Gasteiger partial charge is 0.224 e. The second-order valence-electron chi connectivity index (χ2n) is 4.41. The van der Waals surface area contributed by atoms with E-state index in [2.05, 4.69) is 29.1 Å². The molecule has 0 aliphatic rings. The number of benzene rings is 1. The number of nitrogens with zero attached hydrogens (tertiary/aromatic N) is 1. The van der Waals surface area contributed by atoms with Gasteiger partial charge in [0.1, 0.15) is 5.82 Å². The van der Waals surface area contributed by atoms with Crippen LogP contribution in [0.5, 0.6) is 0 Å². The molecule has 0 radical (unpaired) electrons. The lowest BCUT2D eigenvalue weighted by molar-refractivity contribution is -0.115. The molecule has 0 aliphatic heterocycles. The Hall–Kier alpha value is -1.84. The maximum Gasteiger partial charge on any atom is 0.224 e. The summed E-state index contributed by atoms with van der Waals surface area (Å²) in [6.45, 7) is 6.02. The molecule has 17 heavy (non-hydrogen) atoms. The van der Waals surface area contributed by atoms with Crippen LogP contribution in [-0.4, -0.2) is 15.9 Å². The molecule has 0 atom stereocenters. The topological polar surface area (TPSA) is 57.8 Å². The quantitative estimate of drug-likeness (QED) is 0.853. The standard InChI is InChI=1S/C13H17N3O/c1-4-12(17)14-9-5-6-10-11(7-9)16-13(15-10)8(2)3/h5-8H,4H2,1-3H3,(H,14,17)(H,15,16). The number of H-pyrrole nitrogens is 1. The fourth-order valence-electron chi connectivity index (χ4n) is 1.63. The van der Waals surface area contributed by atoms with Gasteiger partial charge in [-0.3, -0.25) is 4.79 Å². The highest BCUT2D eigenvalue weighted by atomic mass is 16.1. The number of hydrogen-bond acceptors (Lipinski definition) is 2. The maximum atomic E-state index is 11.3. The van der Waals surface area contributed by atoms with Gasteiger partial charge in [-0.1, -0.05) is 20.8 Å². The first kappa shape index (κ1) is 11.6. The number of amides is 1. The van der Waals surface area contributed by atoms with Gasteiger partial charge in [0.2, 0.25) is 5.91 Å². The molecule has 4 heteroatoms. The molecule has 2 N–H and O–H groups in total. The van der Waals surface area contributed by atoms with Gasteiger partial charge in [-0.05, 0) is 18.2 Å². The van der Waals surface area contributed by atoms with Crippen LogP contribution in [0.2, 0.25) is 0 Å². The minimum Gasteiger partial charge on any atom is -0.342 e. The molecule has 1 aromatic carbocycles. The highest BCUT2D eigenvalue weighted by Gasteiger charge is 2.07. The number of aromatic nitrogens is 2. The van der Waals surface area contributed by atoms with Crippen LogP contribution >= 0.6 is 0 Å². The molecule has 2 aromatic rings. The predicted molar refractivity (Wildman–Crippen MR) is 69.1 cm³/mol. The summed E-state index contributed by atoms with van der Waals surface area (Å²) in [7, 11) is 0. The first-order valence-electron chi connectivity index (χ1n) is 5.89. The van der Waals surface area contributed by atoms with Crippen molar-refractivity contribution in [2.75, 3.05) is 5.32 Å². The zero-order valence-electron chi connectivity index (χ0n) is 10.4. The third-order valence-corrected chi connectivity index (χ3v) is 2.65. The first-order chi connectivity index (χ1) is 8.10. The van der Waals surface area contributed by atoms with Crippen LogP contribution in [0.3, 0.4) is 0 Å². The average Bonchev–Trinajstić information content (AvgIpc) is 2.72. The summed E-state index contributed by atoms with van der Waals surface area (Å²) in [5.74, 6) is 1.36. The molecular weight excluding hydrogens is 214 g/mol. The monoisotopic (exact) mass is 231 g/mol. The van der Waals surface area contributed by atoms with E-state index in [0.29, 0.717) is 12.3 Å². The van der Waals surface area contributed by atoms with Gasteiger partial charge in [-0.25, -0.2) is 4.98 Å². The summed E-state index contributed by atoms with van der Waals surface area (Å²) in [5.41, 5.74) is 2.70. The van der Waals surface area contributed by atoms with E-state index in [-0.39, 0.29) is 5.91 Å². The van der Waals surface area contributed by atoms with Crippen molar-refractivity contribution >= 4 is 22.6 Å².